The molecule has 0 heterocycles. The molecule has 0 saturated heterocycles. The minimum absolute atomic E-state index is 0.0820. The van der Waals surface area contributed by atoms with E-state index in [1.165, 1.54) is 16.7 Å². The Bertz CT molecular complexity index is 1260. The topological polar surface area (TPSA) is 20.2 Å². The van der Waals surface area contributed by atoms with Gasteiger partial charge in [0.15, 0.2) is 0 Å². The average Bonchev–Trinajstić information content (AvgIpc) is 3.18. The van der Waals surface area contributed by atoms with Gasteiger partial charge in [0.2, 0.25) is 0 Å². The van der Waals surface area contributed by atoms with Crippen LogP contribution in [0.5, 0.6) is 0 Å². The zero-order valence-corrected chi connectivity index (χ0v) is 39.7. The number of aliphatic hydroxyl groups excluding tert-OH is 1. The largest absolute Gasteiger partial charge is 0.388 e. The molecule has 0 fully saturated rings. The quantitative estimate of drug-likeness (QED) is 0.221. The third kappa shape index (κ3) is 24.3. The van der Waals surface area contributed by atoms with E-state index in [1.54, 1.807) is 0 Å². The molecular weight excluding hydrogens is 653 g/mol. The van der Waals surface area contributed by atoms with Crippen LogP contribution in [-0.4, -0.2) is 5.11 Å². The highest BCUT2D eigenvalue weighted by Crippen LogP contribution is 2.40. The van der Waals surface area contributed by atoms with E-state index in [0.717, 1.165) is 5.56 Å². The van der Waals surface area contributed by atoms with Gasteiger partial charge in [-0.2, -0.15) is 0 Å². The van der Waals surface area contributed by atoms with Gasteiger partial charge >= 0.3 is 0 Å². The minimum atomic E-state index is -0.376. The number of hydrogen-bond acceptors (Lipinski definition) is 1. The number of hydrogen-bond donors (Lipinski definition) is 1. The Morgan fingerprint density at radius 1 is 0.370 bits per heavy atom. The highest BCUT2D eigenvalue weighted by atomic mass is 16.3. The summed E-state index contributed by atoms with van der Waals surface area (Å²) in [7, 11) is 0. The normalized spacial score (nSPS) is 11.6. The summed E-state index contributed by atoms with van der Waals surface area (Å²) < 4.78 is 0. The van der Waals surface area contributed by atoms with E-state index in [2.05, 4.69) is 161 Å². The molecule has 308 valence electrons. The second-order valence-corrected chi connectivity index (χ2v) is 16.5. The van der Waals surface area contributed by atoms with Gasteiger partial charge in [-0.05, 0) is 55.7 Å². The van der Waals surface area contributed by atoms with E-state index in [9.17, 15) is 5.11 Å². The van der Waals surface area contributed by atoms with Crippen LogP contribution in [0.1, 0.15) is 193 Å². The first-order valence-corrected chi connectivity index (χ1v) is 21.1. The summed E-state index contributed by atoms with van der Waals surface area (Å²) in [6.07, 6.45) is -0.376. The maximum Gasteiger partial charge on any atom is 0.0838 e. The maximum atomic E-state index is 9.86. The fourth-order valence-corrected chi connectivity index (χ4v) is 4.50. The van der Waals surface area contributed by atoms with Crippen molar-refractivity contribution in [3.05, 3.63) is 144 Å². The van der Waals surface area contributed by atoms with Crippen molar-refractivity contribution in [2.75, 3.05) is 0 Å². The predicted octanol–water partition coefficient (Wildman–Crippen LogP) is 17.5. The lowest BCUT2D eigenvalue weighted by atomic mass is 9.65. The lowest BCUT2D eigenvalue weighted by Crippen LogP contribution is -2.33. The van der Waals surface area contributed by atoms with E-state index >= 15 is 0 Å². The summed E-state index contributed by atoms with van der Waals surface area (Å²) in [6, 6.07) is 41.7. The molecule has 4 rings (SSSR count). The monoisotopic (exact) mass is 743 g/mol. The molecule has 1 N–H and O–H groups in total. The zero-order chi connectivity index (χ0) is 43.2. The molecule has 1 heteroatoms. The Balaban J connectivity index is -0.000000291. The smallest absolute Gasteiger partial charge is 0.0838 e. The summed E-state index contributed by atoms with van der Waals surface area (Å²) in [6.45, 7) is 47.1. The molecule has 0 bridgehead atoms. The highest BCUT2D eigenvalue weighted by Gasteiger charge is 2.33. The Morgan fingerprint density at radius 2 is 0.648 bits per heavy atom. The number of rotatable bonds is 4. The third-order valence-corrected chi connectivity index (χ3v) is 9.37. The van der Waals surface area contributed by atoms with E-state index in [-0.39, 0.29) is 16.9 Å². The van der Waals surface area contributed by atoms with Crippen LogP contribution < -0.4 is 0 Å². The lowest BCUT2D eigenvalue weighted by Gasteiger charge is -2.39. The van der Waals surface area contributed by atoms with Crippen molar-refractivity contribution in [1.29, 1.82) is 0 Å². The van der Waals surface area contributed by atoms with Crippen molar-refractivity contribution >= 4 is 0 Å². The van der Waals surface area contributed by atoms with Crippen molar-refractivity contribution in [3.63, 3.8) is 0 Å². The lowest BCUT2D eigenvalue weighted by molar-refractivity contribution is 0.0627. The molecule has 4 aromatic carbocycles. The zero-order valence-electron chi connectivity index (χ0n) is 39.7. The number of benzene rings is 4. The molecule has 4 aromatic rings. The summed E-state index contributed by atoms with van der Waals surface area (Å²) >= 11 is 0. The van der Waals surface area contributed by atoms with Crippen LogP contribution in [0.2, 0.25) is 0 Å². The SMILES string of the molecule is CC.CC.CC.CC.CC(C)(C)C(C)(C)c1ccccc1.CC(C)(C)C(O)c1ccccc1.CC(C)c1ccccc1.CC(c1ccccc1)C(C)(C)C. The summed E-state index contributed by atoms with van der Waals surface area (Å²) in [5.74, 6) is 1.28. The summed E-state index contributed by atoms with van der Waals surface area (Å²) in [4.78, 5) is 0. The van der Waals surface area contributed by atoms with Crippen LogP contribution >= 0.6 is 0 Å². The van der Waals surface area contributed by atoms with Crippen LogP contribution in [0.3, 0.4) is 0 Å². The molecule has 0 aliphatic rings. The van der Waals surface area contributed by atoms with E-state index in [0.29, 0.717) is 22.7 Å². The summed E-state index contributed by atoms with van der Waals surface area (Å²) in [5, 5.41) is 9.86. The molecule has 0 radical (unpaired) electrons. The fraction of sp³-hybridized carbons (Fsp3) is 0.547. The first-order valence-electron chi connectivity index (χ1n) is 21.1. The Kier molecular flexibility index (Phi) is 33.1. The van der Waals surface area contributed by atoms with E-state index < -0.39 is 0 Å². The average molecular weight is 743 g/mol. The van der Waals surface area contributed by atoms with Crippen molar-refractivity contribution < 1.29 is 5.11 Å². The van der Waals surface area contributed by atoms with Crippen molar-refractivity contribution in [2.24, 2.45) is 16.2 Å². The van der Waals surface area contributed by atoms with Crippen molar-refractivity contribution in [2.45, 2.75) is 176 Å². The van der Waals surface area contributed by atoms with Gasteiger partial charge in [0, 0.05) is 0 Å². The highest BCUT2D eigenvalue weighted by molar-refractivity contribution is 5.26. The number of aliphatic hydroxyl groups is 1. The van der Waals surface area contributed by atoms with Crippen LogP contribution in [0.15, 0.2) is 121 Å². The molecule has 0 saturated carbocycles. The standard InChI is InChI=1S/C13H20.C12H18.C11H16O.C9H12.4C2H6/c1-12(2,3)13(4,5)11-9-7-6-8-10-11;1-10(12(2,3)4)11-8-6-5-7-9-11;1-11(2,3)10(12)9-7-5-4-6-8-9;1-8(2)9-6-4-3-5-7-9;4*1-2/h6-10H,1-5H3;5-10H,1-4H3;4-8,10,12H,1-3H3;3-8H,1-2H3;4*1-2H3. The molecule has 0 aliphatic heterocycles. The molecule has 2 unspecified atom stereocenters. The van der Waals surface area contributed by atoms with Crippen LogP contribution in [-0.2, 0) is 5.41 Å². The van der Waals surface area contributed by atoms with Crippen LogP contribution in [0.4, 0.5) is 0 Å². The second-order valence-electron chi connectivity index (χ2n) is 16.5. The molecule has 0 aliphatic carbocycles. The van der Waals surface area contributed by atoms with Crippen molar-refractivity contribution in [1.82, 2.24) is 0 Å². The van der Waals surface area contributed by atoms with Gasteiger partial charge in [-0.1, -0.05) is 274 Å². The van der Waals surface area contributed by atoms with Crippen LogP contribution in [0, 0.1) is 16.2 Å². The van der Waals surface area contributed by atoms with Gasteiger partial charge < -0.3 is 5.11 Å². The predicted molar refractivity (Wildman–Crippen MR) is 250 cm³/mol. The van der Waals surface area contributed by atoms with Gasteiger partial charge in [0.25, 0.3) is 0 Å². The molecule has 0 spiro atoms. The maximum absolute atomic E-state index is 9.86. The molecule has 2 atom stereocenters. The first-order chi connectivity index (χ1) is 25.2. The molecule has 0 amide bonds. The van der Waals surface area contributed by atoms with Gasteiger partial charge in [0.1, 0.15) is 0 Å². The fourth-order valence-electron chi connectivity index (χ4n) is 4.50. The summed E-state index contributed by atoms with van der Waals surface area (Å²) in [5.41, 5.74) is 6.07. The Labute approximate surface area is 339 Å². The first kappa shape index (κ1) is 57.6. The molecule has 54 heavy (non-hydrogen) atoms. The Hall–Kier alpha value is -3.16. The van der Waals surface area contributed by atoms with Crippen LogP contribution in [0.25, 0.3) is 0 Å². The van der Waals surface area contributed by atoms with Gasteiger partial charge in [-0.25, -0.2) is 0 Å². The van der Waals surface area contributed by atoms with Crippen molar-refractivity contribution in [3.8, 4) is 0 Å². The second kappa shape index (κ2) is 31.1. The third-order valence-electron chi connectivity index (χ3n) is 9.37. The molecule has 0 aromatic heterocycles. The van der Waals surface area contributed by atoms with Gasteiger partial charge in [-0.15, -0.1) is 0 Å². The van der Waals surface area contributed by atoms with E-state index in [1.807, 2.05) is 113 Å². The minimum Gasteiger partial charge on any atom is -0.388 e. The Morgan fingerprint density at radius 3 is 0.889 bits per heavy atom. The molecule has 1 nitrogen and oxygen atoms in total. The van der Waals surface area contributed by atoms with Gasteiger partial charge in [-0.3, -0.25) is 0 Å². The van der Waals surface area contributed by atoms with Gasteiger partial charge in [0.05, 0.1) is 6.10 Å². The van der Waals surface area contributed by atoms with E-state index in [4.69, 9.17) is 0 Å². The molecular formula is C53H90O.